The fourth-order valence-corrected chi connectivity index (χ4v) is 4.56. The summed E-state index contributed by atoms with van der Waals surface area (Å²) in [6.07, 6.45) is 4.77. The molecule has 174 valence electrons. The number of nitrogens with zero attached hydrogens (tertiary/aromatic N) is 3. The van der Waals surface area contributed by atoms with E-state index in [1.165, 1.54) is 19.3 Å². The van der Waals surface area contributed by atoms with Crippen LogP contribution < -0.4 is 10.1 Å². The number of halogens is 1. The van der Waals surface area contributed by atoms with Crippen LogP contribution in [0.3, 0.4) is 0 Å². The number of aromatic nitrogens is 2. The Balaban J connectivity index is 1.52. The van der Waals surface area contributed by atoms with Gasteiger partial charge in [0.15, 0.2) is 0 Å². The first kappa shape index (κ1) is 23.3. The normalized spacial score (nSPS) is 16.5. The molecule has 2 aromatic carbocycles. The average Bonchev–Trinajstić information content (AvgIpc) is 3.28. The Labute approximate surface area is 200 Å². The van der Waals surface area contributed by atoms with E-state index in [1.54, 1.807) is 17.9 Å². The van der Waals surface area contributed by atoms with Crippen LogP contribution in [-0.2, 0) is 0 Å². The number of methoxy groups -OCH3 is 1. The van der Waals surface area contributed by atoms with E-state index >= 15 is 0 Å². The molecule has 4 rings (SSSR count). The zero-order valence-electron chi connectivity index (χ0n) is 19.3. The Morgan fingerprint density at radius 3 is 2.70 bits per heavy atom. The molecular formula is C26H31ClN4O2. The van der Waals surface area contributed by atoms with E-state index in [1.807, 2.05) is 48.5 Å². The standard InChI is InChI=1S/C26H31ClN4O2/c1-19-8-5-6-16-30(19)17-7-15-28-26(32)25-18-24(22-9-3-4-10-23(22)27)29-31(25)20-11-13-21(33-2)14-12-20/h3-4,9-14,18-19H,5-8,15-17H2,1-2H3,(H,28,32). The number of amides is 1. The van der Waals surface area contributed by atoms with E-state index in [-0.39, 0.29) is 5.91 Å². The van der Waals surface area contributed by atoms with Crippen molar-refractivity contribution in [3.63, 3.8) is 0 Å². The van der Waals surface area contributed by atoms with Gasteiger partial charge in [0, 0.05) is 24.7 Å². The highest BCUT2D eigenvalue weighted by atomic mass is 35.5. The molecule has 1 amide bonds. The second kappa shape index (κ2) is 10.9. The zero-order valence-corrected chi connectivity index (χ0v) is 20.0. The number of benzene rings is 2. The molecule has 6 nitrogen and oxygen atoms in total. The van der Waals surface area contributed by atoms with Crippen LogP contribution in [0.15, 0.2) is 54.6 Å². The lowest BCUT2D eigenvalue weighted by Crippen LogP contribution is -2.39. The molecule has 1 fully saturated rings. The Morgan fingerprint density at radius 2 is 1.97 bits per heavy atom. The summed E-state index contributed by atoms with van der Waals surface area (Å²) in [5, 5.41) is 8.40. The van der Waals surface area contributed by atoms with Crippen molar-refractivity contribution in [2.45, 2.75) is 38.6 Å². The molecule has 0 radical (unpaired) electrons. The van der Waals surface area contributed by atoms with Crippen molar-refractivity contribution in [3.05, 3.63) is 65.3 Å². The minimum Gasteiger partial charge on any atom is -0.497 e. The maximum Gasteiger partial charge on any atom is 0.270 e. The van der Waals surface area contributed by atoms with Crippen LogP contribution in [0.4, 0.5) is 0 Å². The molecule has 1 aliphatic rings. The van der Waals surface area contributed by atoms with Gasteiger partial charge in [-0.1, -0.05) is 36.2 Å². The van der Waals surface area contributed by atoms with Gasteiger partial charge in [0.1, 0.15) is 11.4 Å². The number of likely N-dealkylation sites (tertiary alicyclic amines) is 1. The van der Waals surface area contributed by atoms with Gasteiger partial charge in [0.05, 0.1) is 23.5 Å². The summed E-state index contributed by atoms with van der Waals surface area (Å²) < 4.78 is 6.93. The molecule has 1 saturated heterocycles. The summed E-state index contributed by atoms with van der Waals surface area (Å²) in [5.74, 6) is 0.596. The molecule has 1 atom stereocenters. The largest absolute Gasteiger partial charge is 0.497 e. The Hall–Kier alpha value is -2.83. The minimum atomic E-state index is -0.150. The van der Waals surface area contributed by atoms with E-state index < -0.39 is 0 Å². The average molecular weight is 467 g/mol. The first-order valence-corrected chi connectivity index (χ1v) is 12.0. The number of carbonyl (C=O) groups is 1. The summed E-state index contributed by atoms with van der Waals surface area (Å²) >= 11 is 6.40. The first-order chi connectivity index (χ1) is 16.1. The topological polar surface area (TPSA) is 59.4 Å². The van der Waals surface area contributed by atoms with Crippen molar-refractivity contribution in [1.29, 1.82) is 0 Å². The highest BCUT2D eigenvalue weighted by molar-refractivity contribution is 6.33. The Kier molecular flexibility index (Phi) is 7.68. The maximum absolute atomic E-state index is 13.2. The molecule has 0 aliphatic carbocycles. The molecule has 0 bridgehead atoms. The Morgan fingerprint density at radius 1 is 1.18 bits per heavy atom. The van der Waals surface area contributed by atoms with Crippen molar-refractivity contribution in [3.8, 4) is 22.7 Å². The summed E-state index contributed by atoms with van der Waals surface area (Å²) in [7, 11) is 1.63. The fraction of sp³-hybridized carbons (Fsp3) is 0.385. The number of hydrogen-bond donors (Lipinski definition) is 1. The van der Waals surface area contributed by atoms with E-state index in [0.29, 0.717) is 29.0 Å². The third kappa shape index (κ3) is 5.57. The van der Waals surface area contributed by atoms with Crippen LogP contribution in [0.2, 0.25) is 5.02 Å². The zero-order chi connectivity index (χ0) is 23.2. The van der Waals surface area contributed by atoms with Gasteiger partial charge < -0.3 is 15.0 Å². The van der Waals surface area contributed by atoms with Crippen molar-refractivity contribution in [1.82, 2.24) is 20.0 Å². The van der Waals surface area contributed by atoms with E-state index in [0.717, 1.165) is 36.5 Å². The Bertz CT molecular complexity index is 1080. The lowest BCUT2D eigenvalue weighted by molar-refractivity contribution is 0.0941. The SMILES string of the molecule is COc1ccc(-n2nc(-c3ccccc3Cl)cc2C(=O)NCCCN2CCCCC2C)cc1. The number of ether oxygens (including phenoxy) is 1. The van der Waals surface area contributed by atoms with Crippen LogP contribution in [0.1, 0.15) is 43.1 Å². The van der Waals surface area contributed by atoms with E-state index in [9.17, 15) is 4.79 Å². The van der Waals surface area contributed by atoms with Crippen LogP contribution >= 0.6 is 11.6 Å². The molecule has 3 aromatic rings. The van der Waals surface area contributed by atoms with Crippen LogP contribution in [0.25, 0.3) is 16.9 Å². The molecule has 1 aromatic heterocycles. The highest BCUT2D eigenvalue weighted by Gasteiger charge is 2.20. The maximum atomic E-state index is 13.2. The van der Waals surface area contributed by atoms with Gasteiger partial charge in [-0.15, -0.1) is 0 Å². The lowest BCUT2D eigenvalue weighted by Gasteiger charge is -2.33. The van der Waals surface area contributed by atoms with Crippen molar-refractivity contribution >= 4 is 17.5 Å². The van der Waals surface area contributed by atoms with Crippen molar-refractivity contribution < 1.29 is 9.53 Å². The molecule has 33 heavy (non-hydrogen) atoms. The monoisotopic (exact) mass is 466 g/mol. The number of carbonyl (C=O) groups excluding carboxylic acids is 1. The third-order valence-corrected chi connectivity index (χ3v) is 6.59. The second-order valence-electron chi connectivity index (χ2n) is 8.49. The van der Waals surface area contributed by atoms with Gasteiger partial charge in [0.25, 0.3) is 5.91 Å². The molecule has 2 heterocycles. The van der Waals surface area contributed by atoms with E-state index in [4.69, 9.17) is 21.4 Å². The van der Waals surface area contributed by atoms with Crippen molar-refractivity contribution in [2.24, 2.45) is 0 Å². The minimum absolute atomic E-state index is 0.150. The van der Waals surface area contributed by atoms with Crippen LogP contribution in [-0.4, -0.2) is 53.4 Å². The third-order valence-electron chi connectivity index (χ3n) is 6.26. The van der Waals surface area contributed by atoms with Gasteiger partial charge in [-0.05, 0) is 69.1 Å². The number of piperidine rings is 1. The number of nitrogens with one attached hydrogen (secondary N) is 1. The quantitative estimate of drug-likeness (QED) is 0.464. The molecule has 7 heteroatoms. The lowest BCUT2D eigenvalue weighted by atomic mass is 10.0. The molecule has 1 unspecified atom stereocenters. The van der Waals surface area contributed by atoms with Gasteiger partial charge in [-0.3, -0.25) is 4.79 Å². The molecular weight excluding hydrogens is 436 g/mol. The summed E-state index contributed by atoms with van der Waals surface area (Å²) in [6, 6.07) is 17.4. The van der Waals surface area contributed by atoms with Gasteiger partial charge in [-0.25, -0.2) is 4.68 Å². The summed E-state index contributed by atoms with van der Waals surface area (Å²) in [5.41, 5.74) is 2.70. The number of hydrogen-bond acceptors (Lipinski definition) is 4. The summed E-state index contributed by atoms with van der Waals surface area (Å²) in [6.45, 7) is 5.07. The smallest absolute Gasteiger partial charge is 0.270 e. The fourth-order valence-electron chi connectivity index (χ4n) is 4.33. The highest BCUT2D eigenvalue weighted by Crippen LogP contribution is 2.28. The van der Waals surface area contributed by atoms with Gasteiger partial charge in [0.2, 0.25) is 0 Å². The summed E-state index contributed by atoms with van der Waals surface area (Å²) in [4.78, 5) is 15.7. The molecule has 0 spiro atoms. The first-order valence-electron chi connectivity index (χ1n) is 11.6. The van der Waals surface area contributed by atoms with Crippen molar-refractivity contribution in [2.75, 3.05) is 26.7 Å². The predicted molar refractivity (Wildman–Crippen MR) is 132 cm³/mol. The van der Waals surface area contributed by atoms with Gasteiger partial charge in [-0.2, -0.15) is 5.10 Å². The van der Waals surface area contributed by atoms with E-state index in [2.05, 4.69) is 17.1 Å². The molecule has 1 aliphatic heterocycles. The second-order valence-corrected chi connectivity index (χ2v) is 8.90. The van der Waals surface area contributed by atoms with Gasteiger partial charge >= 0.3 is 0 Å². The van der Waals surface area contributed by atoms with Crippen LogP contribution in [0.5, 0.6) is 5.75 Å². The number of rotatable bonds is 8. The molecule has 0 saturated carbocycles. The van der Waals surface area contributed by atoms with Crippen LogP contribution in [0, 0.1) is 0 Å². The molecule has 1 N–H and O–H groups in total. The predicted octanol–water partition coefficient (Wildman–Crippen LogP) is 5.20.